The number of rotatable bonds is 8. The number of phenolic OH excluding ortho intramolecular Hbond substituents is 1. The van der Waals surface area contributed by atoms with Crippen LogP contribution in [0.4, 0.5) is 0 Å². The molecule has 0 saturated carbocycles. The molecule has 5 heteroatoms. The van der Waals surface area contributed by atoms with Gasteiger partial charge in [-0.25, -0.2) is 0 Å². The van der Waals surface area contributed by atoms with E-state index in [4.69, 9.17) is 9.05 Å². The van der Waals surface area contributed by atoms with Crippen LogP contribution < -0.4 is 0 Å². The third-order valence-electron chi connectivity index (χ3n) is 4.76. The van der Waals surface area contributed by atoms with Crippen molar-refractivity contribution in [3.05, 3.63) is 28.8 Å². The van der Waals surface area contributed by atoms with Gasteiger partial charge in [-0.2, -0.15) is 0 Å². The van der Waals surface area contributed by atoms with E-state index in [2.05, 4.69) is 53.7 Å². The van der Waals surface area contributed by atoms with Gasteiger partial charge >= 0.3 is 7.60 Å². The molecule has 0 aliphatic heterocycles. The molecule has 0 bridgehead atoms. The fraction of sp³-hybridized carbons (Fsp3) is 0.684. The van der Waals surface area contributed by atoms with E-state index in [1.165, 1.54) is 14.2 Å². The molecule has 1 N–H and O–H groups in total. The largest absolute Gasteiger partial charge is 0.507 e. The molecule has 0 aliphatic carbocycles. The van der Waals surface area contributed by atoms with Crippen molar-refractivity contribution in [2.75, 3.05) is 20.4 Å². The summed E-state index contributed by atoms with van der Waals surface area (Å²) in [4.78, 5) is 0. The van der Waals surface area contributed by atoms with Crippen LogP contribution in [0.3, 0.4) is 0 Å². The molecule has 0 aliphatic rings. The molecule has 1 rings (SSSR count). The number of hydrogen-bond donors (Lipinski definition) is 1. The lowest BCUT2D eigenvalue weighted by Crippen LogP contribution is -2.20. The van der Waals surface area contributed by atoms with Crippen LogP contribution in [0.2, 0.25) is 0 Å². The topological polar surface area (TPSA) is 55.8 Å². The number of hydrogen-bond acceptors (Lipinski definition) is 4. The Hall–Kier alpha value is -0.830. The van der Waals surface area contributed by atoms with Crippen LogP contribution in [0.25, 0.3) is 0 Å². The van der Waals surface area contributed by atoms with E-state index in [9.17, 15) is 9.67 Å². The molecule has 0 atom stereocenters. The van der Waals surface area contributed by atoms with Crippen LogP contribution in [-0.2, 0) is 19.0 Å². The Morgan fingerprint density at radius 3 is 1.79 bits per heavy atom. The van der Waals surface area contributed by atoms with Crippen LogP contribution in [0.1, 0.15) is 76.5 Å². The van der Waals surface area contributed by atoms with Gasteiger partial charge in [-0.3, -0.25) is 4.57 Å². The first-order valence-corrected chi connectivity index (χ1v) is 10.3. The average molecular weight is 356 g/mol. The summed E-state index contributed by atoms with van der Waals surface area (Å²) in [7, 11) is -0.174. The molecule has 138 valence electrons. The van der Waals surface area contributed by atoms with Crippen molar-refractivity contribution in [1.82, 2.24) is 0 Å². The summed E-state index contributed by atoms with van der Waals surface area (Å²) in [6, 6.07) is 4.16. The highest BCUT2D eigenvalue weighted by Gasteiger charge is 2.30. The maximum Gasteiger partial charge on any atom is 0.330 e. The Labute approximate surface area is 147 Å². The second-order valence-corrected chi connectivity index (χ2v) is 10.0. The van der Waals surface area contributed by atoms with Gasteiger partial charge in [-0.05, 0) is 40.4 Å². The lowest BCUT2D eigenvalue weighted by Gasteiger charge is -2.29. The van der Waals surface area contributed by atoms with E-state index in [1.807, 2.05) is 0 Å². The second-order valence-electron chi connectivity index (χ2n) is 7.65. The third kappa shape index (κ3) is 4.84. The molecular weight excluding hydrogens is 323 g/mol. The van der Waals surface area contributed by atoms with E-state index in [0.29, 0.717) is 18.3 Å². The first-order chi connectivity index (χ1) is 11.0. The molecule has 1 aromatic carbocycles. The van der Waals surface area contributed by atoms with Crippen molar-refractivity contribution >= 4 is 7.60 Å². The van der Waals surface area contributed by atoms with E-state index < -0.39 is 7.60 Å². The average Bonchev–Trinajstić information content (AvgIpc) is 2.52. The smallest absolute Gasteiger partial charge is 0.330 e. The summed E-state index contributed by atoms with van der Waals surface area (Å²) in [5.74, 6) is 0.878. The summed E-state index contributed by atoms with van der Waals surface area (Å²) in [6.45, 7) is 12.6. The van der Waals surface area contributed by atoms with Crippen LogP contribution in [0, 0.1) is 0 Å². The van der Waals surface area contributed by atoms with Gasteiger partial charge in [-0.1, -0.05) is 53.7 Å². The van der Waals surface area contributed by atoms with E-state index in [-0.39, 0.29) is 17.3 Å². The molecule has 0 spiro atoms. The van der Waals surface area contributed by atoms with Crippen LogP contribution in [0.15, 0.2) is 12.1 Å². The number of aromatic hydroxyl groups is 1. The predicted molar refractivity (Wildman–Crippen MR) is 100 cm³/mol. The zero-order valence-electron chi connectivity index (χ0n) is 16.3. The van der Waals surface area contributed by atoms with Gasteiger partial charge in [0.05, 0.1) is 6.16 Å². The number of phenols is 1. The highest BCUT2D eigenvalue weighted by atomic mass is 31.2. The van der Waals surface area contributed by atoms with Crippen molar-refractivity contribution in [3.8, 4) is 5.75 Å². The first kappa shape index (κ1) is 21.2. The monoisotopic (exact) mass is 356 g/mol. The Morgan fingerprint density at radius 1 is 1.04 bits per heavy atom. The van der Waals surface area contributed by atoms with Gasteiger partial charge in [0.1, 0.15) is 5.75 Å². The van der Waals surface area contributed by atoms with Crippen molar-refractivity contribution in [2.45, 2.75) is 65.2 Å². The Kier molecular flexibility index (Phi) is 7.10. The Balaban J connectivity index is 3.25. The van der Waals surface area contributed by atoms with Crippen LogP contribution in [-0.4, -0.2) is 25.5 Å². The van der Waals surface area contributed by atoms with Gasteiger partial charge in [0.15, 0.2) is 0 Å². The SMILES string of the molecule is COP(=O)(CCC(C)(C)c1cc(C(C)C)c(O)c(C(C)C)c1)OC. The fourth-order valence-electron chi connectivity index (χ4n) is 2.77. The highest BCUT2D eigenvalue weighted by Crippen LogP contribution is 2.49. The Morgan fingerprint density at radius 2 is 1.46 bits per heavy atom. The van der Waals surface area contributed by atoms with Crippen LogP contribution >= 0.6 is 7.60 Å². The predicted octanol–water partition coefficient (Wildman–Crippen LogP) is 5.79. The minimum Gasteiger partial charge on any atom is -0.507 e. The normalized spacial score (nSPS) is 13.1. The molecular formula is C19H33O4P. The quantitative estimate of drug-likeness (QED) is 0.599. The molecule has 0 fully saturated rings. The minimum atomic E-state index is -3.02. The van der Waals surface area contributed by atoms with Crippen molar-refractivity contribution in [1.29, 1.82) is 0 Å². The van der Waals surface area contributed by atoms with E-state index >= 15 is 0 Å². The summed E-state index contributed by atoms with van der Waals surface area (Å²) in [6.07, 6.45) is 1.04. The number of benzene rings is 1. The fourth-order valence-corrected chi connectivity index (χ4v) is 4.12. The maximum absolute atomic E-state index is 12.3. The van der Waals surface area contributed by atoms with Gasteiger partial charge in [0.25, 0.3) is 0 Å². The van der Waals surface area contributed by atoms with Crippen molar-refractivity contribution in [2.24, 2.45) is 0 Å². The zero-order valence-corrected chi connectivity index (χ0v) is 17.2. The lowest BCUT2D eigenvalue weighted by molar-refractivity contribution is 0.272. The van der Waals surface area contributed by atoms with Gasteiger partial charge in [-0.15, -0.1) is 0 Å². The summed E-state index contributed by atoms with van der Waals surface area (Å²) >= 11 is 0. The molecule has 0 unspecified atom stereocenters. The molecule has 0 heterocycles. The van der Waals surface area contributed by atoms with Gasteiger partial charge < -0.3 is 14.2 Å². The molecule has 0 saturated heterocycles. The van der Waals surface area contributed by atoms with Gasteiger partial charge in [0, 0.05) is 14.2 Å². The molecule has 1 aromatic rings. The first-order valence-electron chi connectivity index (χ1n) is 8.55. The Bertz CT molecular complexity index is 568. The lowest BCUT2D eigenvalue weighted by atomic mass is 9.78. The molecule has 0 aromatic heterocycles. The summed E-state index contributed by atoms with van der Waals surface area (Å²) < 4.78 is 22.5. The van der Waals surface area contributed by atoms with Gasteiger partial charge in [0.2, 0.25) is 0 Å². The molecule has 0 radical (unpaired) electrons. The van der Waals surface area contributed by atoms with E-state index in [1.54, 1.807) is 0 Å². The minimum absolute atomic E-state index is 0.201. The van der Waals surface area contributed by atoms with Crippen molar-refractivity contribution in [3.63, 3.8) is 0 Å². The molecule has 24 heavy (non-hydrogen) atoms. The third-order valence-corrected chi connectivity index (χ3v) is 6.65. The summed E-state index contributed by atoms with van der Waals surface area (Å²) in [5.41, 5.74) is 2.87. The summed E-state index contributed by atoms with van der Waals surface area (Å²) in [5, 5.41) is 10.6. The van der Waals surface area contributed by atoms with E-state index in [0.717, 1.165) is 16.7 Å². The maximum atomic E-state index is 12.3. The standard InChI is InChI=1S/C19H33O4P/c1-13(2)16-11-15(12-17(14(3)4)18(16)20)19(5,6)9-10-24(21,22-7)23-8/h11-14,20H,9-10H2,1-8H3. The highest BCUT2D eigenvalue weighted by molar-refractivity contribution is 7.53. The van der Waals surface area contributed by atoms with Crippen LogP contribution in [0.5, 0.6) is 5.75 Å². The molecule has 0 amide bonds. The zero-order chi connectivity index (χ0) is 18.7. The van der Waals surface area contributed by atoms with Crippen molar-refractivity contribution < 1.29 is 18.7 Å². The molecule has 4 nitrogen and oxygen atoms in total. The second kappa shape index (κ2) is 8.03.